The highest BCUT2D eigenvalue weighted by Crippen LogP contribution is 2.52. The molecule has 1 aliphatic heterocycles. The molecule has 0 amide bonds. The maximum atomic E-state index is 11.8. The van der Waals surface area contributed by atoms with E-state index >= 15 is 0 Å². The fourth-order valence-electron chi connectivity index (χ4n) is 2.38. The summed E-state index contributed by atoms with van der Waals surface area (Å²) in [7, 11) is -0.253. The summed E-state index contributed by atoms with van der Waals surface area (Å²) < 4.78 is 32.0. The number of benzene rings is 1. The van der Waals surface area contributed by atoms with Gasteiger partial charge in [-0.3, -0.25) is 13.4 Å². The van der Waals surface area contributed by atoms with Gasteiger partial charge < -0.3 is 15.2 Å². The molecule has 0 spiro atoms. The predicted molar refractivity (Wildman–Crippen MR) is 83.0 cm³/mol. The topological polar surface area (TPSA) is 105 Å². The van der Waals surface area contributed by atoms with Gasteiger partial charge in [-0.1, -0.05) is 0 Å². The van der Waals surface area contributed by atoms with Crippen LogP contribution in [0.1, 0.15) is 23.2 Å². The number of rotatable bonds is 3. The van der Waals surface area contributed by atoms with Crippen molar-refractivity contribution in [3.05, 3.63) is 17.7 Å². The van der Waals surface area contributed by atoms with E-state index < -0.39 is 16.7 Å². The molecule has 1 aromatic carbocycles. The van der Waals surface area contributed by atoms with Gasteiger partial charge in [0.25, 0.3) is 0 Å². The summed E-state index contributed by atoms with van der Waals surface area (Å²) in [6.45, 7) is 0.461. The summed E-state index contributed by atoms with van der Waals surface area (Å²) in [5, 5.41) is 0. The van der Waals surface area contributed by atoms with Crippen LogP contribution in [0.4, 0.5) is 11.4 Å². The number of nitrogen functional groups attached to an aromatic ring is 1. The lowest BCUT2D eigenvalue weighted by atomic mass is 10.1. The van der Waals surface area contributed by atoms with Crippen molar-refractivity contribution in [2.24, 2.45) is 0 Å². The summed E-state index contributed by atoms with van der Waals surface area (Å²) in [6.07, 6.45) is 1.56. The van der Waals surface area contributed by atoms with Crippen LogP contribution in [0.25, 0.3) is 0 Å². The summed E-state index contributed by atoms with van der Waals surface area (Å²) in [5.41, 5.74) is 6.72. The Morgan fingerprint density at radius 1 is 1.33 bits per heavy atom. The number of carbonyl (C=O) groups is 1. The molecule has 1 saturated heterocycles. The van der Waals surface area contributed by atoms with E-state index in [2.05, 4.69) is 0 Å². The van der Waals surface area contributed by atoms with Gasteiger partial charge in [-0.2, -0.15) is 0 Å². The molecule has 4 N–H and O–H groups in total. The minimum Gasteiger partial charge on any atom is -0.494 e. The Balaban J connectivity index is 2.57. The zero-order valence-electron chi connectivity index (χ0n) is 12.0. The van der Waals surface area contributed by atoms with Gasteiger partial charge in [0.2, 0.25) is 0 Å². The molecular formula is C13H20N2O5S. The number of ether oxygens (including phenoxy) is 2. The van der Waals surface area contributed by atoms with Crippen LogP contribution in [0.3, 0.4) is 0 Å². The lowest BCUT2D eigenvalue weighted by Crippen LogP contribution is -2.34. The van der Waals surface area contributed by atoms with Crippen molar-refractivity contribution in [3.8, 4) is 5.75 Å². The largest absolute Gasteiger partial charge is 0.494 e. The normalized spacial score (nSPS) is 19.0. The zero-order chi connectivity index (χ0) is 15.6. The molecular weight excluding hydrogens is 296 g/mol. The summed E-state index contributed by atoms with van der Waals surface area (Å²) in [6, 6.07) is 3.02. The lowest BCUT2D eigenvalue weighted by molar-refractivity contribution is 0.0597. The van der Waals surface area contributed by atoms with Crippen LogP contribution in [0.5, 0.6) is 5.75 Å². The van der Waals surface area contributed by atoms with Gasteiger partial charge in [-0.15, -0.1) is 10.8 Å². The molecule has 1 heterocycles. The van der Waals surface area contributed by atoms with E-state index in [1.54, 1.807) is 6.07 Å². The third kappa shape index (κ3) is 3.02. The van der Waals surface area contributed by atoms with Gasteiger partial charge in [0.15, 0.2) is 5.75 Å². The van der Waals surface area contributed by atoms with E-state index in [0.29, 0.717) is 23.7 Å². The molecule has 21 heavy (non-hydrogen) atoms. The minimum atomic E-state index is -2.93. The van der Waals surface area contributed by atoms with E-state index in [1.807, 2.05) is 0 Å². The number of hydrogen-bond acceptors (Lipinski definition) is 7. The molecule has 0 saturated carbocycles. The molecule has 1 aliphatic rings. The fourth-order valence-corrected chi connectivity index (χ4v) is 4.07. The second-order valence-corrected chi connectivity index (χ2v) is 6.87. The summed E-state index contributed by atoms with van der Waals surface area (Å²) >= 11 is 0. The Hall–Kier alpha value is -1.64. The highest BCUT2D eigenvalue weighted by molar-refractivity contribution is 8.25. The number of anilines is 2. The molecule has 0 unspecified atom stereocenters. The van der Waals surface area contributed by atoms with Crippen LogP contribution in [0.15, 0.2) is 12.1 Å². The molecule has 0 aromatic heterocycles. The highest BCUT2D eigenvalue weighted by atomic mass is 32.3. The zero-order valence-corrected chi connectivity index (χ0v) is 12.9. The van der Waals surface area contributed by atoms with Crippen LogP contribution < -0.4 is 14.8 Å². The molecule has 0 aliphatic carbocycles. The average Bonchev–Trinajstić information content (AvgIpc) is 2.45. The van der Waals surface area contributed by atoms with Crippen molar-refractivity contribution in [2.45, 2.75) is 12.8 Å². The first-order chi connectivity index (χ1) is 9.90. The lowest BCUT2D eigenvalue weighted by Gasteiger charge is -2.47. The molecule has 1 aromatic rings. The van der Waals surface area contributed by atoms with Crippen molar-refractivity contribution in [2.75, 3.05) is 36.6 Å². The first-order valence-electron chi connectivity index (χ1n) is 6.50. The molecule has 8 heteroatoms. The molecule has 0 radical (unpaired) electrons. The van der Waals surface area contributed by atoms with Gasteiger partial charge >= 0.3 is 5.97 Å². The van der Waals surface area contributed by atoms with Crippen LogP contribution in [0.2, 0.25) is 0 Å². The quantitative estimate of drug-likeness (QED) is 0.580. The number of esters is 1. The Morgan fingerprint density at radius 2 is 2.05 bits per heavy atom. The van der Waals surface area contributed by atoms with E-state index in [1.165, 1.54) is 24.6 Å². The van der Waals surface area contributed by atoms with Crippen molar-refractivity contribution in [1.82, 2.24) is 0 Å². The number of hydrogen-bond donors (Lipinski definition) is 3. The molecule has 1 fully saturated rings. The summed E-state index contributed by atoms with van der Waals surface area (Å²) in [4.78, 5) is 11.8. The van der Waals surface area contributed by atoms with Crippen molar-refractivity contribution in [3.63, 3.8) is 0 Å². The summed E-state index contributed by atoms with van der Waals surface area (Å²) in [5.74, 6) is -0.0646. The maximum Gasteiger partial charge on any atom is 0.341 e. The first-order valence-corrected chi connectivity index (χ1v) is 8.17. The third-order valence-corrected chi connectivity index (χ3v) is 5.27. The van der Waals surface area contributed by atoms with Crippen LogP contribution in [0, 0.1) is 0 Å². The van der Waals surface area contributed by atoms with Crippen molar-refractivity contribution < 1.29 is 23.4 Å². The van der Waals surface area contributed by atoms with Crippen LogP contribution in [-0.2, 0) is 4.74 Å². The SMILES string of the molecule is COC(=O)c1cc(N)cc(N2CCCCS2(O)O)c1OC. The number of carbonyl (C=O) groups excluding carboxylic acids is 1. The molecule has 0 bridgehead atoms. The second kappa shape index (κ2) is 6.00. The van der Waals surface area contributed by atoms with Gasteiger partial charge in [0, 0.05) is 12.2 Å². The number of nitrogens with two attached hydrogens (primary N) is 1. The average molecular weight is 316 g/mol. The van der Waals surface area contributed by atoms with Crippen LogP contribution in [-0.4, -0.2) is 41.6 Å². The minimum absolute atomic E-state index is 0.163. The van der Waals surface area contributed by atoms with E-state index in [-0.39, 0.29) is 11.3 Å². The van der Waals surface area contributed by atoms with E-state index in [4.69, 9.17) is 15.2 Å². The van der Waals surface area contributed by atoms with Crippen LogP contribution >= 0.6 is 10.8 Å². The van der Waals surface area contributed by atoms with Crippen molar-refractivity contribution in [1.29, 1.82) is 0 Å². The van der Waals surface area contributed by atoms with Crippen molar-refractivity contribution >= 4 is 28.1 Å². The Labute approximate surface area is 125 Å². The first kappa shape index (κ1) is 15.7. The maximum absolute atomic E-state index is 11.8. The molecule has 2 rings (SSSR count). The van der Waals surface area contributed by atoms with Gasteiger partial charge in [-0.05, 0) is 25.0 Å². The van der Waals surface area contributed by atoms with Gasteiger partial charge in [0.05, 0.1) is 20.0 Å². The molecule has 0 atom stereocenters. The van der Waals surface area contributed by atoms with Gasteiger partial charge in [0.1, 0.15) is 11.3 Å². The third-order valence-electron chi connectivity index (χ3n) is 3.35. The van der Waals surface area contributed by atoms with E-state index in [9.17, 15) is 13.9 Å². The number of methoxy groups -OCH3 is 2. The number of nitrogens with zero attached hydrogens (tertiary/aromatic N) is 1. The smallest absolute Gasteiger partial charge is 0.341 e. The molecule has 118 valence electrons. The highest BCUT2D eigenvalue weighted by Gasteiger charge is 2.31. The predicted octanol–water partition coefficient (Wildman–Crippen LogP) is 2.33. The Kier molecular flexibility index (Phi) is 4.50. The Morgan fingerprint density at radius 3 is 2.62 bits per heavy atom. The monoisotopic (exact) mass is 316 g/mol. The second-order valence-electron chi connectivity index (χ2n) is 4.76. The molecule has 7 nitrogen and oxygen atoms in total. The van der Waals surface area contributed by atoms with E-state index in [0.717, 1.165) is 12.8 Å². The Bertz CT molecular complexity index is 550. The fraction of sp³-hybridized carbons (Fsp3) is 0.462. The van der Waals surface area contributed by atoms with Gasteiger partial charge in [-0.25, -0.2) is 4.79 Å². The standard InChI is InChI=1S/C13H20N2O5S/c1-19-12-10(13(16)20-2)7-9(14)8-11(12)15-5-3-4-6-21(15,17)18/h7-8,17-18H,3-6,14H2,1-2H3.